The first kappa shape index (κ1) is 14.1. The molecule has 0 saturated carbocycles. The predicted octanol–water partition coefficient (Wildman–Crippen LogP) is 2.16. The van der Waals surface area contributed by atoms with Crippen LogP contribution in [0, 0.1) is 0 Å². The molecule has 0 atom stereocenters. The van der Waals surface area contributed by atoms with Gasteiger partial charge in [0.05, 0.1) is 13.3 Å². The Morgan fingerprint density at radius 2 is 2.25 bits per heavy atom. The molecule has 0 radical (unpaired) electrons. The Morgan fingerprint density at radius 1 is 1.33 bits per heavy atom. The average Bonchev–Trinajstić information content (AvgIpc) is 3.00. The van der Waals surface area contributed by atoms with Gasteiger partial charge < -0.3 is 9.72 Å². The molecule has 0 amide bonds. The minimum Gasteiger partial charge on any atom is -0.497 e. The maximum Gasteiger partial charge on any atom is 0.298 e. The molecule has 0 bridgehead atoms. The SMILES string of the molecule is COc1ccc2[nH]c3c(=O)n(N=Cc4cccnc4)cnc3c2c1. The van der Waals surface area contributed by atoms with Gasteiger partial charge in [-0.15, -0.1) is 0 Å². The normalized spacial score (nSPS) is 11.5. The monoisotopic (exact) mass is 319 g/mol. The number of aromatic amines is 1. The van der Waals surface area contributed by atoms with Gasteiger partial charge in [-0.2, -0.15) is 9.78 Å². The molecule has 1 N–H and O–H groups in total. The lowest BCUT2D eigenvalue weighted by molar-refractivity contribution is 0.415. The summed E-state index contributed by atoms with van der Waals surface area (Å²) in [5.41, 5.74) is 2.36. The largest absolute Gasteiger partial charge is 0.497 e. The Morgan fingerprint density at radius 3 is 3.04 bits per heavy atom. The first-order chi connectivity index (χ1) is 11.8. The van der Waals surface area contributed by atoms with Crippen molar-refractivity contribution in [3.63, 3.8) is 0 Å². The van der Waals surface area contributed by atoms with Gasteiger partial charge in [0.15, 0.2) is 0 Å². The maximum atomic E-state index is 12.6. The molecule has 0 saturated heterocycles. The molecule has 0 fully saturated rings. The standard InChI is InChI=1S/C17H13N5O2/c1-24-12-4-5-14-13(7-12)15-16(21-14)17(23)22(10-19-15)20-9-11-3-2-6-18-8-11/h2-10,21H,1H3. The van der Waals surface area contributed by atoms with Gasteiger partial charge in [0.1, 0.15) is 23.1 Å². The van der Waals surface area contributed by atoms with E-state index in [1.54, 1.807) is 31.8 Å². The van der Waals surface area contributed by atoms with Crippen LogP contribution in [0.1, 0.15) is 5.56 Å². The van der Waals surface area contributed by atoms with Crippen LogP contribution < -0.4 is 10.3 Å². The van der Waals surface area contributed by atoms with Crippen LogP contribution in [-0.4, -0.2) is 33.0 Å². The van der Waals surface area contributed by atoms with E-state index in [2.05, 4.69) is 20.1 Å². The minimum absolute atomic E-state index is 0.268. The van der Waals surface area contributed by atoms with Crippen LogP contribution >= 0.6 is 0 Å². The number of pyridine rings is 1. The van der Waals surface area contributed by atoms with Crippen LogP contribution in [0.2, 0.25) is 0 Å². The number of methoxy groups -OCH3 is 1. The van der Waals surface area contributed by atoms with Crippen molar-refractivity contribution < 1.29 is 4.74 Å². The molecular weight excluding hydrogens is 306 g/mol. The topological polar surface area (TPSA) is 85.2 Å². The molecule has 7 nitrogen and oxygen atoms in total. The van der Waals surface area contributed by atoms with Crippen molar-refractivity contribution in [2.24, 2.45) is 5.10 Å². The van der Waals surface area contributed by atoms with Gasteiger partial charge in [0.2, 0.25) is 0 Å². The van der Waals surface area contributed by atoms with E-state index in [4.69, 9.17) is 4.74 Å². The summed E-state index contributed by atoms with van der Waals surface area (Å²) in [6, 6.07) is 9.19. The van der Waals surface area contributed by atoms with Gasteiger partial charge in [-0.1, -0.05) is 6.07 Å². The summed E-state index contributed by atoms with van der Waals surface area (Å²) in [6.07, 6.45) is 6.31. The summed E-state index contributed by atoms with van der Waals surface area (Å²) in [6.45, 7) is 0. The molecule has 0 unspecified atom stereocenters. The highest BCUT2D eigenvalue weighted by Gasteiger charge is 2.11. The van der Waals surface area contributed by atoms with E-state index in [1.165, 1.54) is 11.0 Å². The van der Waals surface area contributed by atoms with E-state index in [9.17, 15) is 4.79 Å². The van der Waals surface area contributed by atoms with Crippen molar-refractivity contribution >= 4 is 28.2 Å². The minimum atomic E-state index is -0.268. The quantitative estimate of drug-likeness (QED) is 0.586. The summed E-state index contributed by atoms with van der Waals surface area (Å²) in [4.78, 5) is 24.1. The fraction of sp³-hybridized carbons (Fsp3) is 0.0588. The van der Waals surface area contributed by atoms with Gasteiger partial charge in [-0.25, -0.2) is 4.98 Å². The van der Waals surface area contributed by atoms with Gasteiger partial charge in [0.25, 0.3) is 5.56 Å². The molecule has 7 heteroatoms. The van der Waals surface area contributed by atoms with Crippen molar-refractivity contribution in [3.05, 3.63) is 65.0 Å². The van der Waals surface area contributed by atoms with E-state index >= 15 is 0 Å². The fourth-order valence-corrected chi connectivity index (χ4v) is 2.52. The van der Waals surface area contributed by atoms with E-state index < -0.39 is 0 Å². The second kappa shape index (κ2) is 5.62. The summed E-state index contributed by atoms with van der Waals surface area (Å²) in [7, 11) is 1.60. The van der Waals surface area contributed by atoms with E-state index in [0.29, 0.717) is 16.8 Å². The summed E-state index contributed by atoms with van der Waals surface area (Å²) >= 11 is 0. The van der Waals surface area contributed by atoms with Crippen molar-refractivity contribution in [2.45, 2.75) is 0 Å². The Labute approximate surface area is 136 Å². The summed E-state index contributed by atoms with van der Waals surface area (Å²) in [5.74, 6) is 0.712. The molecule has 118 valence electrons. The lowest BCUT2D eigenvalue weighted by Gasteiger charge is -1.99. The zero-order valence-electron chi connectivity index (χ0n) is 12.8. The second-order valence-corrected chi connectivity index (χ2v) is 5.19. The Bertz CT molecular complexity index is 1110. The smallest absolute Gasteiger partial charge is 0.298 e. The Hall–Kier alpha value is -3.48. The first-order valence-corrected chi connectivity index (χ1v) is 7.28. The van der Waals surface area contributed by atoms with Crippen LogP contribution in [0.4, 0.5) is 0 Å². The van der Waals surface area contributed by atoms with Crippen LogP contribution in [0.3, 0.4) is 0 Å². The molecule has 0 aliphatic rings. The average molecular weight is 319 g/mol. The van der Waals surface area contributed by atoms with E-state index in [1.807, 2.05) is 24.3 Å². The number of nitrogens with zero attached hydrogens (tertiary/aromatic N) is 4. The number of aromatic nitrogens is 4. The first-order valence-electron chi connectivity index (χ1n) is 7.28. The number of hydrogen-bond donors (Lipinski definition) is 1. The lowest BCUT2D eigenvalue weighted by atomic mass is 10.2. The van der Waals surface area contributed by atoms with Crippen LogP contribution in [-0.2, 0) is 0 Å². The highest BCUT2D eigenvalue weighted by Crippen LogP contribution is 2.25. The van der Waals surface area contributed by atoms with Crippen LogP contribution in [0.5, 0.6) is 5.75 Å². The third-order valence-electron chi connectivity index (χ3n) is 3.71. The number of benzene rings is 1. The van der Waals surface area contributed by atoms with Crippen LogP contribution in [0.15, 0.2) is 58.9 Å². The molecule has 3 aromatic heterocycles. The molecule has 0 aliphatic carbocycles. The third kappa shape index (κ3) is 2.32. The molecule has 1 aromatic carbocycles. The van der Waals surface area contributed by atoms with Crippen molar-refractivity contribution in [2.75, 3.05) is 7.11 Å². The van der Waals surface area contributed by atoms with Gasteiger partial charge in [-0.3, -0.25) is 9.78 Å². The highest BCUT2D eigenvalue weighted by molar-refractivity contribution is 6.04. The number of hydrogen-bond acceptors (Lipinski definition) is 5. The van der Waals surface area contributed by atoms with Crippen molar-refractivity contribution in [1.29, 1.82) is 0 Å². The molecule has 0 aliphatic heterocycles. The Balaban J connectivity index is 1.85. The molecule has 3 heterocycles. The molecule has 4 aromatic rings. The fourth-order valence-electron chi connectivity index (χ4n) is 2.52. The lowest BCUT2D eigenvalue weighted by Crippen LogP contribution is -2.17. The summed E-state index contributed by atoms with van der Waals surface area (Å²) in [5, 5.41) is 5.00. The number of fused-ring (bicyclic) bond motifs is 3. The number of rotatable bonds is 3. The van der Waals surface area contributed by atoms with Gasteiger partial charge in [0, 0.05) is 28.9 Å². The number of H-pyrrole nitrogens is 1. The zero-order chi connectivity index (χ0) is 16.5. The molecular formula is C17H13N5O2. The van der Waals surface area contributed by atoms with Crippen molar-refractivity contribution in [3.8, 4) is 5.75 Å². The van der Waals surface area contributed by atoms with Crippen molar-refractivity contribution in [1.82, 2.24) is 19.6 Å². The second-order valence-electron chi connectivity index (χ2n) is 5.19. The van der Waals surface area contributed by atoms with E-state index in [0.717, 1.165) is 16.5 Å². The maximum absolute atomic E-state index is 12.6. The summed E-state index contributed by atoms with van der Waals surface area (Å²) < 4.78 is 6.42. The molecule has 4 rings (SSSR count). The highest BCUT2D eigenvalue weighted by atomic mass is 16.5. The van der Waals surface area contributed by atoms with Crippen LogP contribution in [0.25, 0.3) is 21.9 Å². The zero-order valence-corrected chi connectivity index (χ0v) is 12.8. The van der Waals surface area contributed by atoms with Gasteiger partial charge >= 0.3 is 0 Å². The number of ether oxygens (including phenoxy) is 1. The Kier molecular flexibility index (Phi) is 3.31. The number of nitrogens with one attached hydrogen (secondary N) is 1. The molecule has 24 heavy (non-hydrogen) atoms. The van der Waals surface area contributed by atoms with E-state index in [-0.39, 0.29) is 5.56 Å². The molecule has 0 spiro atoms. The predicted molar refractivity (Wildman–Crippen MR) is 91.6 cm³/mol. The third-order valence-corrected chi connectivity index (χ3v) is 3.71. The van der Waals surface area contributed by atoms with Gasteiger partial charge in [-0.05, 0) is 24.3 Å².